The molecule has 0 bridgehead atoms. The van der Waals surface area contributed by atoms with E-state index in [1.54, 1.807) is 6.20 Å². The van der Waals surface area contributed by atoms with Gasteiger partial charge in [0, 0.05) is 36.4 Å². The molecule has 3 heterocycles. The van der Waals surface area contributed by atoms with E-state index in [0.717, 1.165) is 23.0 Å². The lowest BCUT2D eigenvalue weighted by molar-refractivity contribution is 0.150. The molecule has 5 heteroatoms. The molecule has 0 spiro atoms. The number of nitrogens with one attached hydrogen (secondary N) is 1. The third-order valence-electron chi connectivity index (χ3n) is 3.28. The molecule has 1 aliphatic rings. The summed E-state index contributed by atoms with van der Waals surface area (Å²) in [7, 11) is 0. The number of amides is 1. The highest BCUT2D eigenvalue weighted by Gasteiger charge is 2.18. The van der Waals surface area contributed by atoms with E-state index in [4.69, 9.17) is 5.11 Å². The first-order valence-corrected chi connectivity index (χ1v) is 5.85. The number of nitrogens with zero attached hydrogens (tertiary/aromatic N) is 2. The van der Waals surface area contributed by atoms with Gasteiger partial charge in [-0.25, -0.2) is 9.78 Å². The summed E-state index contributed by atoms with van der Waals surface area (Å²) in [6, 6.07) is 3.94. The van der Waals surface area contributed by atoms with Crippen molar-refractivity contribution in [2.75, 3.05) is 13.1 Å². The van der Waals surface area contributed by atoms with Crippen LogP contribution in [0.2, 0.25) is 0 Å². The molecule has 2 aromatic heterocycles. The van der Waals surface area contributed by atoms with Crippen molar-refractivity contribution in [2.45, 2.75) is 6.42 Å². The zero-order chi connectivity index (χ0) is 12.5. The highest BCUT2D eigenvalue weighted by molar-refractivity contribution is 5.90. The van der Waals surface area contributed by atoms with Crippen LogP contribution >= 0.6 is 0 Å². The molecule has 2 aromatic rings. The summed E-state index contributed by atoms with van der Waals surface area (Å²) in [6.07, 6.45) is 5.57. The van der Waals surface area contributed by atoms with Crippen LogP contribution in [-0.4, -0.2) is 39.2 Å². The number of hydrogen-bond donors (Lipinski definition) is 2. The van der Waals surface area contributed by atoms with Crippen LogP contribution in [0, 0.1) is 0 Å². The summed E-state index contributed by atoms with van der Waals surface area (Å²) in [5, 5.41) is 10.00. The van der Waals surface area contributed by atoms with Gasteiger partial charge in [0.15, 0.2) is 0 Å². The average molecular weight is 243 g/mol. The molecule has 18 heavy (non-hydrogen) atoms. The Bertz CT molecular complexity index is 630. The lowest BCUT2D eigenvalue weighted by Gasteiger charge is -2.23. The summed E-state index contributed by atoms with van der Waals surface area (Å²) >= 11 is 0. The fourth-order valence-electron chi connectivity index (χ4n) is 2.31. The molecule has 0 aromatic carbocycles. The smallest absolute Gasteiger partial charge is 0.407 e. The van der Waals surface area contributed by atoms with Crippen LogP contribution in [0.25, 0.3) is 16.6 Å². The minimum atomic E-state index is -0.856. The molecule has 3 rings (SSSR count). The average Bonchev–Trinajstić information content (AvgIpc) is 2.82. The monoisotopic (exact) mass is 243 g/mol. The number of aromatic nitrogens is 2. The summed E-state index contributed by atoms with van der Waals surface area (Å²) in [5.41, 5.74) is 3.18. The SMILES string of the molecule is O=C(O)N1CC=C(c2c[nH]c3ncccc23)CC1. The van der Waals surface area contributed by atoms with Crippen LogP contribution in [0.3, 0.4) is 0 Å². The third-order valence-corrected chi connectivity index (χ3v) is 3.28. The van der Waals surface area contributed by atoms with Gasteiger partial charge in [0.05, 0.1) is 0 Å². The fraction of sp³-hybridized carbons (Fsp3) is 0.231. The van der Waals surface area contributed by atoms with Crippen molar-refractivity contribution in [1.29, 1.82) is 0 Å². The van der Waals surface area contributed by atoms with E-state index in [0.29, 0.717) is 13.1 Å². The van der Waals surface area contributed by atoms with E-state index >= 15 is 0 Å². The second-order valence-electron chi connectivity index (χ2n) is 4.31. The summed E-state index contributed by atoms with van der Waals surface area (Å²) in [6.45, 7) is 1.01. The zero-order valence-electron chi connectivity index (χ0n) is 9.76. The van der Waals surface area contributed by atoms with Crippen LogP contribution in [0.15, 0.2) is 30.6 Å². The number of rotatable bonds is 1. The third kappa shape index (κ3) is 1.73. The molecule has 0 radical (unpaired) electrons. The van der Waals surface area contributed by atoms with Gasteiger partial charge in [0.1, 0.15) is 5.65 Å². The number of hydrogen-bond acceptors (Lipinski definition) is 2. The molecule has 0 unspecified atom stereocenters. The molecule has 0 saturated carbocycles. The molecule has 1 amide bonds. The van der Waals surface area contributed by atoms with Crippen molar-refractivity contribution in [3.05, 3.63) is 36.2 Å². The van der Waals surface area contributed by atoms with E-state index in [-0.39, 0.29) is 0 Å². The number of carbonyl (C=O) groups is 1. The predicted octanol–water partition coefficient (Wildman–Crippen LogP) is 2.33. The van der Waals surface area contributed by atoms with Crippen molar-refractivity contribution >= 4 is 22.7 Å². The van der Waals surface area contributed by atoms with Crippen LogP contribution in [0.4, 0.5) is 4.79 Å². The zero-order valence-corrected chi connectivity index (χ0v) is 9.76. The van der Waals surface area contributed by atoms with Gasteiger partial charge >= 0.3 is 6.09 Å². The number of fused-ring (bicyclic) bond motifs is 1. The number of carboxylic acid groups (broad SMARTS) is 1. The summed E-state index contributed by atoms with van der Waals surface area (Å²) in [4.78, 5) is 19.6. The van der Waals surface area contributed by atoms with E-state index in [9.17, 15) is 4.79 Å². The Balaban J connectivity index is 1.94. The van der Waals surface area contributed by atoms with E-state index in [2.05, 4.69) is 9.97 Å². The Morgan fingerprint density at radius 3 is 3.11 bits per heavy atom. The Morgan fingerprint density at radius 2 is 2.39 bits per heavy atom. The first-order valence-electron chi connectivity index (χ1n) is 5.85. The maximum absolute atomic E-state index is 10.8. The van der Waals surface area contributed by atoms with Crippen molar-refractivity contribution in [2.24, 2.45) is 0 Å². The Hall–Kier alpha value is -2.30. The molecule has 0 fully saturated rings. The fourth-order valence-corrected chi connectivity index (χ4v) is 2.31. The van der Waals surface area contributed by atoms with Crippen LogP contribution < -0.4 is 0 Å². The topological polar surface area (TPSA) is 69.2 Å². The molecule has 92 valence electrons. The van der Waals surface area contributed by atoms with Crippen LogP contribution in [0.5, 0.6) is 0 Å². The Morgan fingerprint density at radius 1 is 1.50 bits per heavy atom. The van der Waals surface area contributed by atoms with Gasteiger partial charge in [-0.2, -0.15) is 0 Å². The van der Waals surface area contributed by atoms with Gasteiger partial charge in [0.25, 0.3) is 0 Å². The normalized spacial score (nSPS) is 15.8. The van der Waals surface area contributed by atoms with Crippen molar-refractivity contribution in [1.82, 2.24) is 14.9 Å². The Labute approximate surface area is 104 Å². The first-order chi connectivity index (χ1) is 8.75. The molecular formula is C13H13N3O2. The number of aromatic amines is 1. The molecule has 0 saturated heterocycles. The van der Waals surface area contributed by atoms with Gasteiger partial charge in [-0.1, -0.05) is 6.08 Å². The second kappa shape index (κ2) is 4.18. The van der Waals surface area contributed by atoms with Crippen molar-refractivity contribution in [3.63, 3.8) is 0 Å². The van der Waals surface area contributed by atoms with Crippen LogP contribution in [-0.2, 0) is 0 Å². The maximum Gasteiger partial charge on any atom is 0.407 e. The van der Waals surface area contributed by atoms with Gasteiger partial charge in [-0.05, 0) is 24.1 Å². The van der Waals surface area contributed by atoms with E-state index in [1.807, 2.05) is 24.4 Å². The summed E-state index contributed by atoms with van der Waals surface area (Å²) in [5.74, 6) is 0. The standard InChI is InChI=1S/C13H13N3O2/c17-13(18)16-6-3-9(4-7-16)11-8-15-12-10(11)2-1-5-14-12/h1-3,5,8H,4,6-7H2,(H,14,15)(H,17,18). The molecular weight excluding hydrogens is 230 g/mol. The molecule has 1 aliphatic heterocycles. The van der Waals surface area contributed by atoms with Gasteiger partial charge < -0.3 is 15.0 Å². The van der Waals surface area contributed by atoms with Gasteiger partial charge in [0.2, 0.25) is 0 Å². The van der Waals surface area contributed by atoms with Crippen LogP contribution in [0.1, 0.15) is 12.0 Å². The molecule has 0 atom stereocenters. The van der Waals surface area contributed by atoms with E-state index in [1.165, 1.54) is 10.5 Å². The lowest BCUT2D eigenvalue weighted by atomic mass is 10.00. The van der Waals surface area contributed by atoms with Gasteiger partial charge in [-0.3, -0.25) is 0 Å². The number of pyridine rings is 1. The quantitative estimate of drug-likeness (QED) is 0.807. The predicted molar refractivity (Wildman–Crippen MR) is 68.3 cm³/mol. The van der Waals surface area contributed by atoms with Crippen molar-refractivity contribution < 1.29 is 9.90 Å². The molecule has 0 aliphatic carbocycles. The van der Waals surface area contributed by atoms with Gasteiger partial charge in [-0.15, -0.1) is 0 Å². The largest absolute Gasteiger partial charge is 0.465 e. The van der Waals surface area contributed by atoms with E-state index < -0.39 is 6.09 Å². The molecule has 2 N–H and O–H groups in total. The highest BCUT2D eigenvalue weighted by atomic mass is 16.4. The second-order valence-corrected chi connectivity index (χ2v) is 4.31. The summed E-state index contributed by atoms with van der Waals surface area (Å²) < 4.78 is 0. The van der Waals surface area contributed by atoms with Crippen molar-refractivity contribution in [3.8, 4) is 0 Å². The number of H-pyrrole nitrogens is 1. The lowest BCUT2D eigenvalue weighted by Crippen LogP contribution is -2.33. The first kappa shape index (κ1) is 10.8. The Kier molecular flexibility index (Phi) is 2.51. The minimum Gasteiger partial charge on any atom is -0.465 e. The molecule has 5 nitrogen and oxygen atoms in total. The highest BCUT2D eigenvalue weighted by Crippen LogP contribution is 2.28. The maximum atomic E-state index is 10.8. The minimum absolute atomic E-state index is 0.456.